The van der Waals surface area contributed by atoms with Crippen molar-refractivity contribution in [2.75, 3.05) is 10.1 Å². The van der Waals surface area contributed by atoms with Crippen LogP contribution in [0.25, 0.3) is 0 Å². The zero-order valence-electron chi connectivity index (χ0n) is 10.5. The molecule has 0 spiro atoms. The van der Waals surface area contributed by atoms with Crippen LogP contribution in [-0.4, -0.2) is 13.4 Å². The van der Waals surface area contributed by atoms with Gasteiger partial charge in [-0.2, -0.15) is 13.7 Å². The van der Waals surface area contributed by atoms with E-state index in [-0.39, 0.29) is 27.0 Å². The Hall–Kier alpha value is -2.34. The zero-order chi connectivity index (χ0) is 15.5. The SMILES string of the molecule is N#Cc1ccc(NS(=O)(=O)c2ncccc2NN)cc1Cl. The Morgan fingerprint density at radius 1 is 1.33 bits per heavy atom. The molecule has 9 heteroatoms. The largest absolute Gasteiger partial charge is 0.321 e. The summed E-state index contributed by atoms with van der Waals surface area (Å²) in [5, 5.41) is 8.69. The standard InChI is InChI=1S/C12H10ClN5O2S/c13-10-6-9(4-3-8(10)7-14)18-21(19,20)12-11(17-15)2-1-5-16-12/h1-6,17-18H,15H2. The zero-order valence-corrected chi connectivity index (χ0v) is 12.1. The van der Waals surface area contributed by atoms with Crippen molar-refractivity contribution >= 4 is 33.0 Å². The van der Waals surface area contributed by atoms with Crippen molar-refractivity contribution in [2.24, 2.45) is 5.84 Å². The van der Waals surface area contributed by atoms with Gasteiger partial charge >= 0.3 is 0 Å². The molecule has 0 aliphatic rings. The van der Waals surface area contributed by atoms with Crippen LogP contribution in [0.1, 0.15) is 5.56 Å². The van der Waals surface area contributed by atoms with Crippen molar-refractivity contribution in [3.63, 3.8) is 0 Å². The van der Waals surface area contributed by atoms with E-state index in [9.17, 15) is 8.42 Å². The fourth-order valence-corrected chi connectivity index (χ4v) is 2.96. The number of anilines is 2. The maximum atomic E-state index is 12.3. The number of nitriles is 1. The number of hydrazine groups is 1. The molecular formula is C12H10ClN5O2S. The minimum absolute atomic E-state index is 0.149. The molecule has 108 valence electrons. The molecule has 2 rings (SSSR count). The van der Waals surface area contributed by atoms with Crippen LogP contribution < -0.4 is 16.0 Å². The number of benzene rings is 1. The highest BCUT2D eigenvalue weighted by molar-refractivity contribution is 7.92. The van der Waals surface area contributed by atoms with Crippen molar-refractivity contribution in [1.29, 1.82) is 5.26 Å². The molecule has 1 aromatic heterocycles. The van der Waals surface area contributed by atoms with Crippen LogP contribution >= 0.6 is 11.6 Å². The summed E-state index contributed by atoms with van der Waals surface area (Å²) in [7, 11) is -3.94. The number of nitrogens with two attached hydrogens (primary N) is 1. The Kier molecular flexibility index (Phi) is 4.28. The highest BCUT2D eigenvalue weighted by atomic mass is 35.5. The van der Waals surface area contributed by atoms with Crippen LogP contribution in [0.5, 0.6) is 0 Å². The average Bonchev–Trinajstić information content (AvgIpc) is 2.47. The van der Waals surface area contributed by atoms with Crippen molar-refractivity contribution in [2.45, 2.75) is 5.03 Å². The molecule has 0 fully saturated rings. The molecule has 2 aromatic rings. The van der Waals surface area contributed by atoms with E-state index in [1.807, 2.05) is 6.07 Å². The van der Waals surface area contributed by atoms with Gasteiger partial charge in [0.1, 0.15) is 6.07 Å². The van der Waals surface area contributed by atoms with Gasteiger partial charge in [0.05, 0.1) is 22.0 Å². The number of nitrogen functional groups attached to an aromatic ring is 1. The van der Waals surface area contributed by atoms with Gasteiger partial charge in [0.15, 0.2) is 0 Å². The molecule has 0 bridgehead atoms. The third kappa shape index (κ3) is 3.22. The van der Waals surface area contributed by atoms with E-state index in [0.717, 1.165) is 0 Å². The van der Waals surface area contributed by atoms with Gasteiger partial charge < -0.3 is 5.43 Å². The van der Waals surface area contributed by atoms with E-state index in [0.29, 0.717) is 0 Å². The van der Waals surface area contributed by atoms with Gasteiger partial charge in [0.2, 0.25) is 5.03 Å². The van der Waals surface area contributed by atoms with Crippen LogP contribution in [0.4, 0.5) is 11.4 Å². The Morgan fingerprint density at radius 3 is 2.71 bits per heavy atom. The van der Waals surface area contributed by atoms with Gasteiger partial charge in [-0.05, 0) is 30.3 Å². The molecule has 4 N–H and O–H groups in total. The molecule has 21 heavy (non-hydrogen) atoms. The summed E-state index contributed by atoms with van der Waals surface area (Å²) in [5.41, 5.74) is 2.89. The first-order valence-corrected chi connectivity index (χ1v) is 7.48. The number of nitrogens with one attached hydrogen (secondary N) is 2. The maximum absolute atomic E-state index is 12.3. The number of aromatic nitrogens is 1. The quantitative estimate of drug-likeness (QED) is 0.581. The molecule has 0 radical (unpaired) electrons. The van der Waals surface area contributed by atoms with Gasteiger partial charge in [-0.3, -0.25) is 10.6 Å². The first-order chi connectivity index (χ1) is 9.97. The molecule has 1 heterocycles. The second kappa shape index (κ2) is 5.97. The van der Waals surface area contributed by atoms with Gasteiger partial charge in [-0.1, -0.05) is 11.6 Å². The lowest BCUT2D eigenvalue weighted by Crippen LogP contribution is -2.18. The number of hydrogen-bond donors (Lipinski definition) is 3. The van der Waals surface area contributed by atoms with Crippen molar-refractivity contribution in [3.05, 3.63) is 47.1 Å². The van der Waals surface area contributed by atoms with Gasteiger partial charge in [-0.15, -0.1) is 0 Å². The molecule has 0 saturated carbocycles. The highest BCUT2D eigenvalue weighted by Gasteiger charge is 2.20. The minimum atomic E-state index is -3.94. The maximum Gasteiger partial charge on any atom is 0.281 e. The smallest absolute Gasteiger partial charge is 0.281 e. The Morgan fingerprint density at radius 2 is 2.10 bits per heavy atom. The number of halogens is 1. The third-order valence-electron chi connectivity index (χ3n) is 2.52. The summed E-state index contributed by atoms with van der Waals surface area (Å²) < 4.78 is 26.9. The van der Waals surface area contributed by atoms with Crippen LogP contribution in [0.3, 0.4) is 0 Å². The topological polar surface area (TPSA) is 121 Å². The fraction of sp³-hybridized carbons (Fsp3) is 0. The molecule has 0 unspecified atom stereocenters. The van der Waals surface area contributed by atoms with Crippen LogP contribution in [-0.2, 0) is 10.0 Å². The summed E-state index contributed by atoms with van der Waals surface area (Å²) in [6.45, 7) is 0. The lowest BCUT2D eigenvalue weighted by Gasteiger charge is -2.11. The predicted octanol–water partition coefficient (Wildman–Crippen LogP) is 1.69. The number of nitrogens with zero attached hydrogens (tertiary/aromatic N) is 2. The summed E-state index contributed by atoms with van der Waals surface area (Å²) in [4.78, 5) is 3.80. The predicted molar refractivity (Wildman–Crippen MR) is 79.0 cm³/mol. The number of rotatable bonds is 4. The summed E-state index contributed by atoms with van der Waals surface area (Å²) in [6, 6.07) is 9.11. The van der Waals surface area contributed by atoms with Crippen LogP contribution in [0.15, 0.2) is 41.6 Å². The highest BCUT2D eigenvalue weighted by Crippen LogP contribution is 2.24. The normalized spacial score (nSPS) is 10.7. The molecule has 7 nitrogen and oxygen atoms in total. The monoisotopic (exact) mass is 323 g/mol. The second-order valence-corrected chi connectivity index (χ2v) is 5.92. The number of pyridine rings is 1. The molecule has 1 aromatic carbocycles. The van der Waals surface area contributed by atoms with E-state index in [2.05, 4.69) is 15.1 Å². The van der Waals surface area contributed by atoms with E-state index in [4.69, 9.17) is 22.7 Å². The first kappa shape index (κ1) is 15.1. The number of sulfonamides is 1. The molecular weight excluding hydrogens is 314 g/mol. The molecule has 0 aliphatic carbocycles. The van der Waals surface area contributed by atoms with Crippen molar-refractivity contribution in [3.8, 4) is 6.07 Å². The van der Waals surface area contributed by atoms with E-state index in [1.54, 1.807) is 6.07 Å². The van der Waals surface area contributed by atoms with E-state index in [1.165, 1.54) is 30.5 Å². The van der Waals surface area contributed by atoms with Crippen molar-refractivity contribution < 1.29 is 8.42 Å². The summed E-state index contributed by atoms with van der Waals surface area (Å²) >= 11 is 5.86. The molecule has 0 saturated heterocycles. The van der Waals surface area contributed by atoms with E-state index >= 15 is 0 Å². The Balaban J connectivity index is 2.38. The van der Waals surface area contributed by atoms with E-state index < -0.39 is 10.0 Å². The second-order valence-electron chi connectivity index (χ2n) is 3.91. The molecule has 0 aliphatic heterocycles. The Labute approximate surface area is 126 Å². The minimum Gasteiger partial charge on any atom is -0.321 e. The molecule has 0 atom stereocenters. The van der Waals surface area contributed by atoms with Gasteiger partial charge in [-0.25, -0.2) is 4.98 Å². The lowest BCUT2D eigenvalue weighted by molar-refractivity contribution is 0.598. The van der Waals surface area contributed by atoms with Crippen molar-refractivity contribution in [1.82, 2.24) is 4.98 Å². The Bertz CT molecular complexity index is 817. The van der Waals surface area contributed by atoms with Crippen LogP contribution in [0, 0.1) is 11.3 Å². The average molecular weight is 324 g/mol. The van der Waals surface area contributed by atoms with Gasteiger partial charge in [0, 0.05) is 6.20 Å². The lowest BCUT2D eigenvalue weighted by atomic mass is 10.2. The van der Waals surface area contributed by atoms with Gasteiger partial charge in [0.25, 0.3) is 10.0 Å². The summed E-state index contributed by atoms with van der Waals surface area (Å²) in [5.74, 6) is 5.26. The first-order valence-electron chi connectivity index (χ1n) is 5.62. The fourth-order valence-electron chi connectivity index (χ4n) is 1.59. The third-order valence-corrected chi connectivity index (χ3v) is 4.17. The number of hydrogen-bond acceptors (Lipinski definition) is 6. The van der Waals surface area contributed by atoms with Crippen LogP contribution in [0.2, 0.25) is 5.02 Å². The molecule has 0 amide bonds. The summed E-state index contributed by atoms with van der Waals surface area (Å²) in [6.07, 6.45) is 1.33.